The van der Waals surface area contributed by atoms with Gasteiger partial charge in [0.2, 0.25) is 0 Å². The van der Waals surface area contributed by atoms with Crippen LogP contribution in [0.4, 0.5) is 13.2 Å². The van der Waals surface area contributed by atoms with Gasteiger partial charge in [0.1, 0.15) is 6.10 Å². The Kier molecular flexibility index (Phi) is 7.62. The molecule has 29 heavy (non-hydrogen) atoms. The number of hydrogen-bond donors (Lipinski definition) is 1. The third kappa shape index (κ3) is 6.19. The summed E-state index contributed by atoms with van der Waals surface area (Å²) < 4.78 is 45.5. The van der Waals surface area contributed by atoms with E-state index in [0.717, 1.165) is 0 Å². The van der Waals surface area contributed by atoms with Crippen LogP contribution in [0, 0.1) is 0 Å². The monoisotopic (exact) mass is 405 g/mol. The first kappa shape index (κ1) is 22.7. The maximum atomic E-state index is 13.0. The largest absolute Gasteiger partial charge is 0.471 e. The number of rotatable bonds is 9. The van der Waals surface area contributed by atoms with Crippen molar-refractivity contribution in [3.8, 4) is 0 Å². The molecular formula is C23H26F3NO2. The highest BCUT2D eigenvalue weighted by Crippen LogP contribution is 2.38. The van der Waals surface area contributed by atoms with Crippen LogP contribution in [0.3, 0.4) is 0 Å². The van der Waals surface area contributed by atoms with E-state index in [9.17, 15) is 18.0 Å². The standard InChI is InChI=1S/C23H26F3NO2/c1-4-16-22(3,5-2)29-20(18-14-10-7-11-15-18)19(17-12-8-6-9-13-17)27-21(28)23(24,25)26/h4,6-15,19-20H,1,5,16H2,2-3H3,(H,27,28)/t19-,20+,22+/m0/s1. The average Bonchev–Trinajstić information content (AvgIpc) is 2.71. The molecule has 1 amide bonds. The van der Waals surface area contributed by atoms with Crippen molar-refractivity contribution in [2.75, 3.05) is 0 Å². The number of amides is 1. The number of nitrogens with one attached hydrogen (secondary N) is 1. The van der Waals surface area contributed by atoms with Crippen LogP contribution in [0.1, 0.15) is 50.0 Å². The number of halogens is 3. The lowest BCUT2D eigenvalue weighted by Gasteiger charge is -2.37. The van der Waals surface area contributed by atoms with Crippen LogP contribution < -0.4 is 5.32 Å². The molecule has 2 aromatic carbocycles. The Morgan fingerprint density at radius 3 is 2.03 bits per heavy atom. The van der Waals surface area contributed by atoms with Gasteiger partial charge in [0.15, 0.2) is 0 Å². The van der Waals surface area contributed by atoms with E-state index < -0.39 is 29.8 Å². The first-order valence-corrected chi connectivity index (χ1v) is 9.46. The van der Waals surface area contributed by atoms with E-state index in [0.29, 0.717) is 24.0 Å². The maximum absolute atomic E-state index is 13.0. The molecule has 0 fully saturated rings. The van der Waals surface area contributed by atoms with Gasteiger partial charge in [-0.2, -0.15) is 13.2 Å². The Morgan fingerprint density at radius 2 is 1.59 bits per heavy atom. The van der Waals surface area contributed by atoms with E-state index in [2.05, 4.69) is 11.9 Å². The molecule has 156 valence electrons. The zero-order valence-corrected chi connectivity index (χ0v) is 16.6. The minimum Gasteiger partial charge on any atom is -0.365 e. The number of ether oxygens (including phenoxy) is 1. The Morgan fingerprint density at radius 1 is 1.07 bits per heavy atom. The van der Waals surface area contributed by atoms with Gasteiger partial charge in [-0.1, -0.05) is 73.7 Å². The van der Waals surface area contributed by atoms with Crippen molar-refractivity contribution < 1.29 is 22.7 Å². The van der Waals surface area contributed by atoms with Crippen LogP contribution in [-0.4, -0.2) is 17.7 Å². The van der Waals surface area contributed by atoms with Crippen LogP contribution in [0.5, 0.6) is 0 Å². The third-order valence-corrected chi connectivity index (χ3v) is 4.87. The van der Waals surface area contributed by atoms with Crippen molar-refractivity contribution in [3.05, 3.63) is 84.4 Å². The smallest absolute Gasteiger partial charge is 0.365 e. The van der Waals surface area contributed by atoms with E-state index in [1.165, 1.54) is 0 Å². The second-order valence-electron chi connectivity index (χ2n) is 7.10. The van der Waals surface area contributed by atoms with E-state index in [-0.39, 0.29) is 0 Å². The number of benzene rings is 2. The minimum atomic E-state index is -5.00. The van der Waals surface area contributed by atoms with Gasteiger partial charge in [0.25, 0.3) is 0 Å². The zero-order valence-electron chi connectivity index (χ0n) is 16.6. The average molecular weight is 405 g/mol. The summed E-state index contributed by atoms with van der Waals surface area (Å²) >= 11 is 0. The summed E-state index contributed by atoms with van der Waals surface area (Å²) in [5.74, 6) is -2.00. The molecule has 0 aliphatic carbocycles. The van der Waals surface area contributed by atoms with Gasteiger partial charge in [-0.05, 0) is 30.9 Å². The molecule has 6 heteroatoms. The molecule has 0 radical (unpaired) electrons. The molecule has 3 atom stereocenters. The van der Waals surface area contributed by atoms with Crippen LogP contribution in [0.15, 0.2) is 73.3 Å². The summed E-state index contributed by atoms with van der Waals surface area (Å²) in [6.45, 7) is 7.59. The fourth-order valence-corrected chi connectivity index (χ4v) is 3.08. The second-order valence-corrected chi connectivity index (χ2v) is 7.10. The lowest BCUT2D eigenvalue weighted by atomic mass is 9.92. The van der Waals surface area contributed by atoms with E-state index in [4.69, 9.17) is 4.74 Å². The van der Waals surface area contributed by atoms with E-state index in [1.807, 2.05) is 19.9 Å². The Balaban J connectivity index is 2.54. The molecule has 3 nitrogen and oxygen atoms in total. The summed E-state index contributed by atoms with van der Waals surface area (Å²) in [6.07, 6.45) is -2.96. The van der Waals surface area contributed by atoms with E-state index in [1.54, 1.807) is 60.7 Å². The Labute approximate surface area is 169 Å². The minimum absolute atomic E-state index is 0.515. The van der Waals surface area contributed by atoms with Gasteiger partial charge in [0, 0.05) is 0 Å². The summed E-state index contributed by atoms with van der Waals surface area (Å²) in [6, 6.07) is 16.5. The molecular weight excluding hydrogens is 379 g/mol. The van der Waals surface area contributed by atoms with Gasteiger partial charge < -0.3 is 10.1 Å². The molecule has 0 saturated carbocycles. The molecule has 2 rings (SSSR count). The van der Waals surface area contributed by atoms with Gasteiger partial charge in [-0.25, -0.2) is 0 Å². The van der Waals surface area contributed by atoms with Crippen LogP contribution in [0.25, 0.3) is 0 Å². The van der Waals surface area contributed by atoms with Crippen molar-refractivity contribution in [1.29, 1.82) is 0 Å². The fourth-order valence-electron chi connectivity index (χ4n) is 3.08. The fraction of sp³-hybridized carbons (Fsp3) is 0.348. The quantitative estimate of drug-likeness (QED) is 0.527. The van der Waals surface area contributed by atoms with Gasteiger partial charge in [-0.15, -0.1) is 6.58 Å². The number of alkyl halides is 3. The molecule has 0 bridgehead atoms. The third-order valence-electron chi connectivity index (χ3n) is 4.87. The van der Waals surface area contributed by atoms with Gasteiger partial charge >= 0.3 is 12.1 Å². The molecule has 0 aromatic heterocycles. The van der Waals surface area contributed by atoms with Gasteiger partial charge in [-0.3, -0.25) is 4.79 Å². The zero-order chi connectivity index (χ0) is 21.5. The maximum Gasteiger partial charge on any atom is 0.471 e. The molecule has 0 spiro atoms. The second kappa shape index (κ2) is 9.74. The molecule has 0 unspecified atom stereocenters. The van der Waals surface area contributed by atoms with Gasteiger partial charge in [0.05, 0.1) is 11.6 Å². The molecule has 0 aliphatic rings. The van der Waals surface area contributed by atoms with Crippen molar-refractivity contribution in [3.63, 3.8) is 0 Å². The highest BCUT2D eigenvalue weighted by molar-refractivity contribution is 5.82. The highest BCUT2D eigenvalue weighted by Gasteiger charge is 2.42. The first-order valence-electron chi connectivity index (χ1n) is 9.46. The Bertz CT molecular complexity index is 793. The lowest BCUT2D eigenvalue weighted by Crippen LogP contribution is -2.43. The lowest BCUT2D eigenvalue weighted by molar-refractivity contribution is -0.177. The molecule has 1 N–H and O–H groups in total. The number of hydrogen-bond acceptors (Lipinski definition) is 2. The highest BCUT2D eigenvalue weighted by atomic mass is 19.4. The van der Waals surface area contributed by atoms with Crippen molar-refractivity contribution in [2.45, 2.75) is 50.6 Å². The topological polar surface area (TPSA) is 38.3 Å². The SMILES string of the molecule is C=CC[C@@](C)(CC)O[C@H](c1ccccc1)[C@@H](NC(=O)C(F)(F)F)c1ccccc1. The molecule has 2 aromatic rings. The Hall–Kier alpha value is -2.60. The normalized spacial score (nSPS) is 15.8. The molecule has 0 saturated heterocycles. The predicted octanol–water partition coefficient (Wildman–Crippen LogP) is 5.91. The van der Waals surface area contributed by atoms with Crippen LogP contribution in [0.2, 0.25) is 0 Å². The van der Waals surface area contributed by atoms with Crippen molar-refractivity contribution in [1.82, 2.24) is 5.32 Å². The van der Waals surface area contributed by atoms with Crippen LogP contribution >= 0.6 is 0 Å². The van der Waals surface area contributed by atoms with Crippen molar-refractivity contribution >= 4 is 5.91 Å². The summed E-state index contributed by atoms with van der Waals surface area (Å²) in [5, 5.41) is 2.15. The summed E-state index contributed by atoms with van der Waals surface area (Å²) in [4.78, 5) is 11.8. The number of carbonyl (C=O) groups is 1. The number of carbonyl (C=O) groups excluding carboxylic acids is 1. The molecule has 0 aliphatic heterocycles. The summed E-state index contributed by atoms with van der Waals surface area (Å²) in [5.41, 5.74) is 0.543. The van der Waals surface area contributed by atoms with Crippen molar-refractivity contribution in [2.24, 2.45) is 0 Å². The van der Waals surface area contributed by atoms with E-state index >= 15 is 0 Å². The predicted molar refractivity (Wildman–Crippen MR) is 107 cm³/mol. The first-order chi connectivity index (χ1) is 13.7. The summed E-state index contributed by atoms with van der Waals surface area (Å²) in [7, 11) is 0. The molecule has 0 heterocycles. The van der Waals surface area contributed by atoms with Crippen LogP contribution in [-0.2, 0) is 9.53 Å².